The van der Waals surface area contributed by atoms with Gasteiger partial charge in [-0.2, -0.15) is 18.3 Å². The Morgan fingerprint density at radius 3 is 2.47 bits per heavy atom. The number of hydrogen-bond acceptors (Lipinski definition) is 3. The Kier molecular flexibility index (Phi) is 2.45. The van der Waals surface area contributed by atoms with E-state index in [2.05, 4.69) is 46.9 Å². The number of hydrogen-bond donors (Lipinski definition) is 0. The molecule has 0 radical (unpaired) electrons. The Morgan fingerprint density at radius 2 is 1.87 bits per heavy atom. The average Bonchev–Trinajstić information content (AvgIpc) is 2.49. The molecule has 0 N–H and O–H groups in total. The van der Waals surface area contributed by atoms with E-state index in [-0.39, 0.29) is 14.9 Å². The van der Waals surface area contributed by atoms with Gasteiger partial charge in [0.15, 0.2) is 15.9 Å². The van der Waals surface area contributed by atoms with Gasteiger partial charge in [0.25, 0.3) is 0 Å². The molecule has 80 valence electrons. The molecule has 15 heavy (non-hydrogen) atoms. The van der Waals surface area contributed by atoms with E-state index >= 15 is 0 Å². The van der Waals surface area contributed by atoms with E-state index in [1.54, 1.807) is 0 Å². The van der Waals surface area contributed by atoms with Crippen LogP contribution in [0.1, 0.15) is 5.69 Å². The second kappa shape index (κ2) is 3.41. The van der Waals surface area contributed by atoms with Crippen LogP contribution in [0.4, 0.5) is 13.2 Å². The van der Waals surface area contributed by atoms with Crippen molar-refractivity contribution in [1.82, 2.24) is 19.6 Å². The largest absolute Gasteiger partial charge is 0.436 e. The van der Waals surface area contributed by atoms with E-state index in [1.807, 2.05) is 0 Å². The van der Waals surface area contributed by atoms with Crippen molar-refractivity contribution in [3.63, 3.8) is 0 Å². The fraction of sp³-hybridized carbons (Fsp3) is 0.167. The first kappa shape index (κ1) is 10.8. The summed E-state index contributed by atoms with van der Waals surface area (Å²) in [7, 11) is 0. The van der Waals surface area contributed by atoms with Crippen LogP contribution in [0.25, 0.3) is 5.65 Å². The Bertz CT molecular complexity index is 521. The molecule has 0 saturated carbocycles. The maximum atomic E-state index is 12.6. The van der Waals surface area contributed by atoms with Crippen LogP contribution in [-0.4, -0.2) is 19.6 Å². The van der Waals surface area contributed by atoms with Crippen LogP contribution in [-0.2, 0) is 6.18 Å². The molecule has 4 nitrogen and oxygen atoms in total. The molecule has 0 aromatic carbocycles. The molecular weight excluding hydrogens is 345 g/mol. The molecular formula is C6HBr2F3N4. The Hall–Kier alpha value is -0.700. The predicted octanol–water partition coefficient (Wildman–Crippen LogP) is 2.67. The highest BCUT2D eigenvalue weighted by atomic mass is 79.9. The molecule has 0 aliphatic rings. The molecule has 2 heterocycles. The Balaban J connectivity index is 2.89. The monoisotopic (exact) mass is 344 g/mol. The molecule has 2 aromatic rings. The van der Waals surface area contributed by atoms with Gasteiger partial charge in [0, 0.05) is 0 Å². The zero-order chi connectivity index (χ0) is 11.2. The van der Waals surface area contributed by atoms with Crippen LogP contribution < -0.4 is 0 Å². The zero-order valence-electron chi connectivity index (χ0n) is 6.76. The maximum Gasteiger partial charge on any atom is 0.436 e. The van der Waals surface area contributed by atoms with Crippen LogP contribution in [0, 0.1) is 0 Å². The summed E-state index contributed by atoms with van der Waals surface area (Å²) in [5, 5.41) is 3.49. The normalized spacial score (nSPS) is 12.3. The van der Waals surface area contributed by atoms with E-state index in [1.165, 1.54) is 0 Å². The van der Waals surface area contributed by atoms with E-state index in [0.29, 0.717) is 4.52 Å². The molecule has 0 unspecified atom stereocenters. The lowest BCUT2D eigenvalue weighted by molar-refractivity contribution is -0.143. The minimum absolute atomic E-state index is 0.0190. The van der Waals surface area contributed by atoms with Gasteiger partial charge in [-0.3, -0.25) is 0 Å². The van der Waals surface area contributed by atoms with Crippen LogP contribution in [0.15, 0.2) is 15.5 Å². The van der Waals surface area contributed by atoms with E-state index < -0.39 is 11.9 Å². The molecule has 0 fully saturated rings. The molecule has 0 aliphatic heterocycles. The number of alkyl halides is 3. The number of fused-ring (bicyclic) bond motifs is 1. The van der Waals surface area contributed by atoms with Crippen LogP contribution >= 0.6 is 31.9 Å². The first-order valence-electron chi connectivity index (χ1n) is 3.53. The maximum absolute atomic E-state index is 12.6. The highest BCUT2D eigenvalue weighted by Gasteiger charge is 2.38. The molecule has 0 bridgehead atoms. The molecule has 0 aliphatic carbocycles. The van der Waals surface area contributed by atoms with Crippen molar-refractivity contribution >= 4 is 37.5 Å². The van der Waals surface area contributed by atoms with Gasteiger partial charge in [-0.1, -0.05) is 0 Å². The summed E-state index contributed by atoms with van der Waals surface area (Å²) >= 11 is 5.73. The van der Waals surface area contributed by atoms with Gasteiger partial charge in [-0.25, -0.2) is 14.5 Å². The summed E-state index contributed by atoms with van der Waals surface area (Å²) in [5.41, 5.74) is -0.969. The zero-order valence-corrected chi connectivity index (χ0v) is 9.93. The molecule has 9 heteroatoms. The summed E-state index contributed by atoms with van der Waals surface area (Å²) in [6.07, 6.45) is -3.51. The molecule has 0 atom stereocenters. The Labute approximate surface area is 97.8 Å². The van der Waals surface area contributed by atoms with Crippen molar-refractivity contribution in [2.24, 2.45) is 0 Å². The van der Waals surface area contributed by atoms with Crippen LogP contribution in [0.5, 0.6) is 0 Å². The second-order valence-corrected chi connectivity index (χ2v) is 4.04. The summed E-state index contributed by atoms with van der Waals surface area (Å²) in [6, 6.07) is 0. The minimum Gasteiger partial charge on any atom is -0.228 e. The lowest BCUT2D eigenvalue weighted by Gasteiger charge is -2.10. The third-order valence-corrected chi connectivity index (χ3v) is 2.69. The van der Waals surface area contributed by atoms with Gasteiger partial charge in [0.1, 0.15) is 10.9 Å². The topological polar surface area (TPSA) is 43.1 Å². The summed E-state index contributed by atoms with van der Waals surface area (Å²) in [4.78, 5) is 7.29. The van der Waals surface area contributed by atoms with Gasteiger partial charge < -0.3 is 0 Å². The number of aromatic nitrogens is 4. The fourth-order valence-electron chi connectivity index (χ4n) is 1.06. The Morgan fingerprint density at radius 1 is 1.20 bits per heavy atom. The van der Waals surface area contributed by atoms with E-state index in [9.17, 15) is 13.2 Å². The van der Waals surface area contributed by atoms with Gasteiger partial charge >= 0.3 is 6.18 Å². The highest BCUT2D eigenvalue weighted by Crippen LogP contribution is 2.34. The second-order valence-electron chi connectivity index (χ2n) is 2.54. The highest BCUT2D eigenvalue weighted by molar-refractivity contribution is 9.11. The van der Waals surface area contributed by atoms with Gasteiger partial charge in [0.2, 0.25) is 0 Å². The number of halogens is 5. The van der Waals surface area contributed by atoms with Gasteiger partial charge in [0.05, 0.1) is 0 Å². The van der Waals surface area contributed by atoms with Crippen molar-refractivity contribution in [3.8, 4) is 0 Å². The number of rotatable bonds is 0. The first-order valence-corrected chi connectivity index (χ1v) is 5.12. The standard InChI is InChI=1S/C6HBr2F3N4/c7-3-2(6(9,10)11)15-5(4(8)14-3)12-1-13-15/h1H. The summed E-state index contributed by atoms with van der Waals surface area (Å²) in [5.74, 6) is 0. The fourth-order valence-corrected chi connectivity index (χ4v) is 2.32. The predicted molar refractivity (Wildman–Crippen MR) is 51.2 cm³/mol. The van der Waals surface area contributed by atoms with Crippen LogP contribution in [0.2, 0.25) is 0 Å². The van der Waals surface area contributed by atoms with Crippen molar-refractivity contribution in [1.29, 1.82) is 0 Å². The van der Waals surface area contributed by atoms with Crippen molar-refractivity contribution < 1.29 is 13.2 Å². The molecule has 0 saturated heterocycles. The quantitative estimate of drug-likeness (QED) is 0.737. The smallest absolute Gasteiger partial charge is 0.228 e. The SMILES string of the molecule is FC(F)(F)c1c(Br)nc(Br)c2ncnn12. The molecule has 2 rings (SSSR count). The molecule has 2 aromatic heterocycles. The van der Waals surface area contributed by atoms with E-state index in [4.69, 9.17) is 0 Å². The third kappa shape index (κ3) is 1.73. The van der Waals surface area contributed by atoms with Crippen molar-refractivity contribution in [2.45, 2.75) is 6.18 Å². The lowest BCUT2D eigenvalue weighted by atomic mass is 10.4. The van der Waals surface area contributed by atoms with Gasteiger partial charge in [-0.15, -0.1) is 0 Å². The van der Waals surface area contributed by atoms with Crippen molar-refractivity contribution in [3.05, 3.63) is 21.2 Å². The first-order chi connectivity index (χ1) is 6.91. The van der Waals surface area contributed by atoms with Crippen molar-refractivity contribution in [2.75, 3.05) is 0 Å². The number of nitrogens with zero attached hydrogens (tertiary/aromatic N) is 4. The summed E-state index contributed by atoms with van der Waals surface area (Å²) < 4.78 is 38.4. The molecule has 0 amide bonds. The summed E-state index contributed by atoms with van der Waals surface area (Å²) in [6.45, 7) is 0. The van der Waals surface area contributed by atoms with Crippen LogP contribution in [0.3, 0.4) is 0 Å². The van der Waals surface area contributed by atoms with E-state index in [0.717, 1.165) is 6.33 Å². The average molecular weight is 346 g/mol. The minimum atomic E-state index is -4.54. The lowest BCUT2D eigenvalue weighted by Crippen LogP contribution is -2.15. The van der Waals surface area contributed by atoms with Gasteiger partial charge in [-0.05, 0) is 31.9 Å². The third-order valence-electron chi connectivity index (χ3n) is 1.60. The molecule has 0 spiro atoms.